The van der Waals surface area contributed by atoms with Crippen LogP contribution in [-0.4, -0.2) is 33.8 Å². The molecule has 0 bridgehead atoms. The average Bonchev–Trinajstić information content (AvgIpc) is 2.93. The van der Waals surface area contributed by atoms with Gasteiger partial charge in [-0.25, -0.2) is 14.6 Å². The van der Waals surface area contributed by atoms with Gasteiger partial charge in [0.05, 0.1) is 30.1 Å². The Morgan fingerprint density at radius 1 is 1.00 bits per heavy atom. The number of methoxy groups -OCH3 is 1. The highest BCUT2D eigenvalue weighted by molar-refractivity contribution is 5.89. The summed E-state index contributed by atoms with van der Waals surface area (Å²) < 4.78 is 12.2. The molecule has 38 heavy (non-hydrogen) atoms. The fraction of sp³-hybridized carbons (Fsp3) is 0.241. The second-order valence-electron chi connectivity index (χ2n) is 8.81. The summed E-state index contributed by atoms with van der Waals surface area (Å²) in [5.74, 6) is 0.401. The molecular weight excluding hydrogens is 486 g/mol. The molecule has 0 aliphatic carbocycles. The molecule has 0 saturated heterocycles. The number of carbonyl (C=O) groups is 2. The van der Waals surface area contributed by atoms with Crippen molar-refractivity contribution in [1.29, 1.82) is 0 Å². The highest BCUT2D eigenvalue weighted by atomic mass is 16.5. The zero-order chi connectivity index (χ0) is 27.1. The third-order valence-electron chi connectivity index (χ3n) is 6.09. The maximum atomic E-state index is 13.5. The third-order valence-corrected chi connectivity index (χ3v) is 6.09. The van der Waals surface area contributed by atoms with Crippen molar-refractivity contribution in [2.75, 3.05) is 12.4 Å². The average molecular weight is 516 g/mol. The number of unbranched alkanes of at least 4 members (excludes halogenated alkanes) is 1. The third kappa shape index (κ3) is 6.36. The SMILES string of the molecule is CCCCc1nc2ccc(NC(=O)OC)cc2c(=O)n1Cc1ccc(OCc2ccc(C(=O)O)cc2)cc1. The molecule has 3 aromatic carbocycles. The van der Waals surface area contributed by atoms with Crippen molar-refractivity contribution in [3.8, 4) is 5.75 Å². The molecule has 2 N–H and O–H groups in total. The lowest BCUT2D eigenvalue weighted by Crippen LogP contribution is -2.26. The number of nitrogens with zero attached hydrogens (tertiary/aromatic N) is 2. The number of ether oxygens (including phenoxy) is 2. The van der Waals surface area contributed by atoms with Gasteiger partial charge in [0, 0.05) is 12.1 Å². The number of hydrogen-bond acceptors (Lipinski definition) is 6. The van der Waals surface area contributed by atoms with Crippen LogP contribution < -0.4 is 15.6 Å². The van der Waals surface area contributed by atoms with Crippen molar-refractivity contribution in [3.63, 3.8) is 0 Å². The zero-order valence-corrected chi connectivity index (χ0v) is 21.3. The molecule has 0 fully saturated rings. The summed E-state index contributed by atoms with van der Waals surface area (Å²) in [6.07, 6.45) is 1.93. The first-order valence-corrected chi connectivity index (χ1v) is 12.3. The van der Waals surface area contributed by atoms with Crippen molar-refractivity contribution in [2.24, 2.45) is 0 Å². The van der Waals surface area contributed by atoms with Crippen LogP contribution in [0, 0.1) is 0 Å². The standard InChI is InChI=1S/C29H29N3O6/c1-3-4-5-26-31-25-15-12-22(30-29(36)37-2)16-24(25)27(33)32(26)17-19-8-13-23(14-9-19)38-18-20-6-10-21(11-7-20)28(34)35/h6-16H,3-5,17-18H2,1-2H3,(H,30,36)(H,34,35). The molecule has 0 unspecified atom stereocenters. The van der Waals surface area contributed by atoms with E-state index < -0.39 is 12.1 Å². The molecule has 1 amide bonds. The smallest absolute Gasteiger partial charge is 0.411 e. The first kappa shape index (κ1) is 26.4. The van der Waals surface area contributed by atoms with E-state index in [1.807, 2.05) is 24.3 Å². The summed E-state index contributed by atoms with van der Waals surface area (Å²) in [4.78, 5) is 40.9. The minimum atomic E-state index is -0.968. The van der Waals surface area contributed by atoms with Crippen molar-refractivity contribution in [3.05, 3.63) is 99.6 Å². The largest absolute Gasteiger partial charge is 0.489 e. The second-order valence-corrected chi connectivity index (χ2v) is 8.81. The highest BCUT2D eigenvalue weighted by Gasteiger charge is 2.13. The van der Waals surface area contributed by atoms with Gasteiger partial charge in [0.1, 0.15) is 18.2 Å². The minimum Gasteiger partial charge on any atom is -0.489 e. The number of benzene rings is 3. The van der Waals surface area contributed by atoms with Gasteiger partial charge in [-0.1, -0.05) is 37.6 Å². The Labute approximate surface area is 219 Å². The monoisotopic (exact) mass is 515 g/mol. The zero-order valence-electron chi connectivity index (χ0n) is 21.3. The van der Waals surface area contributed by atoms with Crippen LogP contribution in [0.5, 0.6) is 5.75 Å². The first-order valence-electron chi connectivity index (χ1n) is 12.3. The fourth-order valence-corrected chi connectivity index (χ4v) is 3.99. The minimum absolute atomic E-state index is 0.181. The molecular formula is C29H29N3O6. The molecule has 9 heteroatoms. The van der Waals surface area contributed by atoms with Gasteiger partial charge >= 0.3 is 12.1 Å². The maximum absolute atomic E-state index is 13.5. The van der Waals surface area contributed by atoms with Crippen LogP contribution in [0.3, 0.4) is 0 Å². The summed E-state index contributed by atoms with van der Waals surface area (Å²) in [6, 6.07) is 19.0. The van der Waals surface area contributed by atoms with Gasteiger partial charge < -0.3 is 14.6 Å². The molecule has 0 spiro atoms. The van der Waals surface area contributed by atoms with Crippen LogP contribution >= 0.6 is 0 Å². The summed E-state index contributed by atoms with van der Waals surface area (Å²) >= 11 is 0. The molecule has 1 aromatic heterocycles. The summed E-state index contributed by atoms with van der Waals surface area (Å²) in [5, 5.41) is 12.0. The van der Waals surface area contributed by atoms with Crippen LogP contribution in [0.15, 0.2) is 71.5 Å². The predicted molar refractivity (Wildman–Crippen MR) is 144 cm³/mol. The van der Waals surface area contributed by atoms with Gasteiger partial charge in [0.15, 0.2) is 0 Å². The van der Waals surface area contributed by atoms with E-state index in [9.17, 15) is 14.4 Å². The van der Waals surface area contributed by atoms with E-state index in [2.05, 4.69) is 17.0 Å². The van der Waals surface area contributed by atoms with Crippen LogP contribution in [0.1, 0.15) is 47.1 Å². The molecule has 196 valence electrons. The van der Waals surface area contributed by atoms with Crippen molar-refractivity contribution >= 4 is 28.7 Å². The van der Waals surface area contributed by atoms with E-state index in [-0.39, 0.29) is 11.1 Å². The Kier molecular flexibility index (Phi) is 8.37. The van der Waals surface area contributed by atoms with Crippen molar-refractivity contribution < 1.29 is 24.2 Å². The predicted octanol–water partition coefficient (Wildman–Crippen LogP) is 5.24. The molecule has 4 rings (SSSR count). The quantitative estimate of drug-likeness (QED) is 0.296. The Hall–Kier alpha value is -4.66. The number of rotatable bonds is 10. The summed E-state index contributed by atoms with van der Waals surface area (Å²) in [5.41, 5.74) is 2.84. The first-order chi connectivity index (χ1) is 18.4. The van der Waals surface area contributed by atoms with Crippen LogP contribution in [0.4, 0.5) is 10.5 Å². The van der Waals surface area contributed by atoms with Gasteiger partial charge in [-0.3, -0.25) is 14.7 Å². The van der Waals surface area contributed by atoms with Gasteiger partial charge in [0.25, 0.3) is 5.56 Å². The Morgan fingerprint density at radius 2 is 1.71 bits per heavy atom. The number of aromatic nitrogens is 2. The maximum Gasteiger partial charge on any atom is 0.411 e. The van der Waals surface area contributed by atoms with E-state index in [1.165, 1.54) is 7.11 Å². The van der Waals surface area contributed by atoms with Crippen molar-refractivity contribution in [1.82, 2.24) is 9.55 Å². The number of carbonyl (C=O) groups excluding carboxylic acids is 1. The lowest BCUT2D eigenvalue weighted by atomic mass is 10.1. The number of aryl methyl sites for hydroxylation is 1. The Morgan fingerprint density at radius 3 is 2.37 bits per heavy atom. The highest BCUT2D eigenvalue weighted by Crippen LogP contribution is 2.19. The fourth-order valence-electron chi connectivity index (χ4n) is 3.99. The Balaban J connectivity index is 1.54. The molecule has 0 atom stereocenters. The van der Waals surface area contributed by atoms with Gasteiger partial charge in [-0.05, 0) is 60.0 Å². The van der Waals surface area contributed by atoms with Crippen LogP contribution in [-0.2, 0) is 24.3 Å². The van der Waals surface area contributed by atoms with E-state index >= 15 is 0 Å². The lowest BCUT2D eigenvalue weighted by molar-refractivity contribution is 0.0696. The van der Waals surface area contributed by atoms with Gasteiger partial charge in [-0.15, -0.1) is 0 Å². The Bertz CT molecular complexity index is 1490. The molecule has 4 aromatic rings. The summed E-state index contributed by atoms with van der Waals surface area (Å²) in [6.45, 7) is 2.73. The van der Waals surface area contributed by atoms with Gasteiger partial charge in [0.2, 0.25) is 0 Å². The number of carboxylic acid groups (broad SMARTS) is 1. The van der Waals surface area contributed by atoms with Gasteiger partial charge in [-0.2, -0.15) is 0 Å². The number of amides is 1. The van der Waals surface area contributed by atoms with E-state index in [0.29, 0.717) is 47.7 Å². The molecule has 0 radical (unpaired) electrons. The number of carboxylic acids is 1. The van der Waals surface area contributed by atoms with E-state index in [1.54, 1.807) is 47.0 Å². The topological polar surface area (TPSA) is 120 Å². The number of nitrogens with one attached hydrogen (secondary N) is 1. The normalized spacial score (nSPS) is 10.8. The number of aromatic carboxylic acids is 1. The van der Waals surface area contributed by atoms with Crippen LogP contribution in [0.2, 0.25) is 0 Å². The molecule has 0 saturated carbocycles. The molecule has 9 nitrogen and oxygen atoms in total. The number of fused-ring (bicyclic) bond motifs is 1. The molecule has 0 aliphatic heterocycles. The van der Waals surface area contributed by atoms with E-state index in [4.69, 9.17) is 14.8 Å². The lowest BCUT2D eigenvalue weighted by Gasteiger charge is -2.15. The van der Waals surface area contributed by atoms with Crippen LogP contribution in [0.25, 0.3) is 10.9 Å². The number of anilines is 1. The van der Waals surface area contributed by atoms with E-state index in [0.717, 1.165) is 24.0 Å². The molecule has 0 aliphatic rings. The number of hydrogen-bond donors (Lipinski definition) is 2. The van der Waals surface area contributed by atoms with Crippen molar-refractivity contribution in [2.45, 2.75) is 39.3 Å². The molecule has 1 heterocycles. The summed E-state index contributed by atoms with van der Waals surface area (Å²) in [7, 11) is 1.28. The second kappa shape index (κ2) is 12.1.